The number of methoxy groups -OCH3 is 1. The molecule has 14 nitrogen and oxygen atoms in total. The van der Waals surface area contributed by atoms with Crippen LogP contribution in [0.2, 0.25) is 0 Å². The van der Waals surface area contributed by atoms with Crippen LogP contribution < -0.4 is 10.2 Å². The van der Waals surface area contributed by atoms with Crippen molar-refractivity contribution in [1.82, 2.24) is 0 Å². The Morgan fingerprint density at radius 2 is 1.66 bits per heavy atom. The Balaban J connectivity index is 1.65. The van der Waals surface area contributed by atoms with Gasteiger partial charge in [-0.15, -0.1) is 0 Å². The van der Waals surface area contributed by atoms with Crippen molar-refractivity contribution in [2.24, 2.45) is 0 Å². The maximum atomic E-state index is 13.2. The highest BCUT2D eigenvalue weighted by Crippen LogP contribution is 2.44. The minimum Gasteiger partial charge on any atom is -0.508 e. The third-order valence-corrected chi connectivity index (χ3v) is 7.25. The lowest BCUT2D eigenvalue weighted by Gasteiger charge is -2.44. The number of phenols is 2. The average molecular weight is 579 g/mol. The van der Waals surface area contributed by atoms with Crippen LogP contribution in [0.25, 0.3) is 22.3 Å². The minimum atomic E-state index is -1.84. The summed E-state index contributed by atoms with van der Waals surface area (Å²) in [5.41, 5.74) is -0.435. The molecule has 0 aliphatic carbocycles. The molecule has 2 fully saturated rings. The summed E-state index contributed by atoms with van der Waals surface area (Å²) in [4.78, 5) is 13.2. The molecule has 1 aromatic heterocycles. The van der Waals surface area contributed by atoms with Gasteiger partial charge in [-0.25, -0.2) is 0 Å². The molecule has 3 heterocycles. The lowest BCUT2D eigenvalue weighted by molar-refractivity contribution is -0.336. The second kappa shape index (κ2) is 11.5. The molecule has 0 saturated carbocycles. The molecule has 0 spiro atoms. The predicted octanol–water partition coefficient (Wildman–Crippen LogP) is -1.14. The van der Waals surface area contributed by atoms with E-state index in [4.69, 9.17) is 23.4 Å². The summed E-state index contributed by atoms with van der Waals surface area (Å²) in [7, 11) is 1.27. The molecule has 222 valence electrons. The van der Waals surface area contributed by atoms with Crippen LogP contribution in [0.15, 0.2) is 45.6 Å². The molecule has 0 amide bonds. The van der Waals surface area contributed by atoms with E-state index in [1.807, 2.05) is 0 Å². The fourth-order valence-electron chi connectivity index (χ4n) is 5.05. The van der Waals surface area contributed by atoms with Gasteiger partial charge in [0.05, 0.1) is 25.9 Å². The van der Waals surface area contributed by atoms with Crippen LogP contribution in [0, 0.1) is 0 Å². The number of rotatable bonds is 6. The summed E-state index contributed by atoms with van der Waals surface area (Å²) in [6.07, 6.45) is -14.4. The largest absolute Gasteiger partial charge is 0.508 e. The first-order valence-electron chi connectivity index (χ1n) is 12.7. The first kappa shape index (κ1) is 29.2. The topological polar surface area (TPSA) is 229 Å². The Morgan fingerprint density at radius 1 is 0.951 bits per heavy atom. The van der Waals surface area contributed by atoms with Gasteiger partial charge in [0, 0.05) is 17.7 Å². The second-order valence-electron chi connectivity index (χ2n) is 9.85. The van der Waals surface area contributed by atoms with E-state index in [1.54, 1.807) is 0 Å². The van der Waals surface area contributed by atoms with Gasteiger partial charge in [-0.2, -0.15) is 0 Å². The quantitative estimate of drug-likeness (QED) is 0.173. The van der Waals surface area contributed by atoms with Gasteiger partial charge in [-0.1, -0.05) is 0 Å². The van der Waals surface area contributed by atoms with Gasteiger partial charge >= 0.3 is 0 Å². The van der Waals surface area contributed by atoms with Crippen LogP contribution in [0.4, 0.5) is 0 Å². The third-order valence-electron chi connectivity index (χ3n) is 7.25. The summed E-state index contributed by atoms with van der Waals surface area (Å²) in [6.45, 7) is -1.14. The van der Waals surface area contributed by atoms with E-state index in [0.717, 1.165) is 12.1 Å². The zero-order chi connectivity index (χ0) is 29.6. The summed E-state index contributed by atoms with van der Waals surface area (Å²) in [5, 5.41) is 81.9. The molecule has 5 rings (SSSR count). The van der Waals surface area contributed by atoms with Gasteiger partial charge in [0.1, 0.15) is 77.2 Å². The fraction of sp³-hybridized carbons (Fsp3) is 0.444. The van der Waals surface area contributed by atoms with E-state index >= 15 is 0 Å². The third kappa shape index (κ3) is 5.25. The molecular weight excluding hydrogens is 548 g/mol. The zero-order valence-electron chi connectivity index (χ0n) is 21.6. The Hall–Kier alpha value is -3.31. The van der Waals surface area contributed by atoms with E-state index in [-0.39, 0.29) is 33.8 Å². The van der Waals surface area contributed by atoms with E-state index in [9.17, 15) is 45.6 Å². The van der Waals surface area contributed by atoms with Gasteiger partial charge in [0.2, 0.25) is 0 Å². The molecule has 2 aliphatic rings. The number of ether oxygens (including phenoxy) is 4. The molecule has 41 heavy (non-hydrogen) atoms. The highest BCUT2D eigenvalue weighted by atomic mass is 16.7. The predicted molar refractivity (Wildman–Crippen MR) is 137 cm³/mol. The van der Waals surface area contributed by atoms with Crippen LogP contribution in [-0.2, 0) is 14.2 Å². The van der Waals surface area contributed by atoms with Crippen molar-refractivity contribution in [3.8, 4) is 28.6 Å². The van der Waals surface area contributed by atoms with Crippen molar-refractivity contribution in [1.29, 1.82) is 0 Å². The molecular formula is C27H30O14. The maximum absolute atomic E-state index is 13.2. The van der Waals surface area contributed by atoms with Crippen LogP contribution >= 0.6 is 0 Å². The van der Waals surface area contributed by atoms with Crippen LogP contribution in [0.3, 0.4) is 0 Å². The maximum Gasteiger partial charge on any atom is 0.197 e. The highest BCUT2D eigenvalue weighted by Gasteiger charge is 2.49. The summed E-state index contributed by atoms with van der Waals surface area (Å²) >= 11 is 0. The first-order chi connectivity index (χ1) is 19.5. The molecule has 0 bridgehead atoms. The lowest BCUT2D eigenvalue weighted by Crippen LogP contribution is -2.61. The first-order valence-corrected chi connectivity index (χ1v) is 12.7. The van der Waals surface area contributed by atoms with Gasteiger partial charge in [0.15, 0.2) is 17.3 Å². The van der Waals surface area contributed by atoms with Gasteiger partial charge in [-0.05, 0) is 24.3 Å². The fourth-order valence-corrected chi connectivity index (χ4v) is 5.05. The van der Waals surface area contributed by atoms with Gasteiger partial charge < -0.3 is 64.2 Å². The number of fused-ring (bicyclic) bond motifs is 1. The van der Waals surface area contributed by atoms with Crippen LogP contribution in [0.5, 0.6) is 17.2 Å². The van der Waals surface area contributed by atoms with Gasteiger partial charge in [-0.3, -0.25) is 4.79 Å². The average Bonchev–Trinajstić information content (AvgIpc) is 2.96. The van der Waals surface area contributed by atoms with E-state index in [1.165, 1.54) is 31.4 Å². The summed E-state index contributed by atoms with van der Waals surface area (Å²) in [6, 6.07) is 8.06. The van der Waals surface area contributed by atoms with Crippen molar-refractivity contribution in [3.05, 3.63) is 52.2 Å². The Bertz CT molecular complexity index is 1440. The molecule has 14 heteroatoms. The van der Waals surface area contributed by atoms with E-state index < -0.39 is 79.5 Å². The molecule has 3 aromatic rings. The molecule has 0 radical (unpaired) electrons. The molecule has 2 saturated heterocycles. The normalized spacial score (nSPS) is 32.2. The smallest absolute Gasteiger partial charge is 0.197 e. The molecule has 8 N–H and O–H groups in total. The number of hydrogen-bond donors (Lipinski definition) is 8. The monoisotopic (exact) mass is 578 g/mol. The molecule has 0 unspecified atom stereocenters. The zero-order valence-corrected chi connectivity index (χ0v) is 21.6. The molecule has 2 aromatic carbocycles. The lowest BCUT2D eigenvalue weighted by atomic mass is 9.91. The number of aromatic hydroxyl groups is 2. The second-order valence-corrected chi connectivity index (χ2v) is 9.85. The van der Waals surface area contributed by atoms with Crippen LogP contribution in [-0.4, -0.2) is 110 Å². The van der Waals surface area contributed by atoms with E-state index in [2.05, 4.69) is 0 Å². The summed E-state index contributed by atoms with van der Waals surface area (Å²) < 4.78 is 28.6. The Labute approximate surface area is 231 Å². The number of hydrogen-bond acceptors (Lipinski definition) is 14. The summed E-state index contributed by atoms with van der Waals surface area (Å²) in [5.74, 6) is -0.487. The van der Waals surface area contributed by atoms with Crippen molar-refractivity contribution < 1.29 is 64.2 Å². The minimum absolute atomic E-state index is 0.00133. The number of aliphatic hydroxyl groups excluding tert-OH is 6. The van der Waals surface area contributed by atoms with Gasteiger partial charge in [0.25, 0.3) is 0 Å². The number of benzene rings is 2. The standard InChI is InChI=1S/C27H30O14/c1-37-16-7-13(31)18-12(30)6-15(10-2-4-11(29)5-3-10)39-24(18)19(16)25-26(20(33)14(32)9-38-25)41-27-23(36)22(35)21(34)17(8-28)40-27/h2-7,14,17,20-23,25-29,31-36H,8-9H2,1H3/t14-,17+,20-,21+,22-,23-,25-,26-,27-/m0/s1. The van der Waals surface area contributed by atoms with Crippen LogP contribution in [0.1, 0.15) is 11.7 Å². The Kier molecular flexibility index (Phi) is 8.20. The van der Waals surface area contributed by atoms with Crippen molar-refractivity contribution in [2.75, 3.05) is 20.3 Å². The van der Waals surface area contributed by atoms with E-state index in [0.29, 0.717) is 5.56 Å². The number of aliphatic hydroxyl groups is 6. The van der Waals surface area contributed by atoms with Crippen molar-refractivity contribution >= 4 is 11.0 Å². The molecule has 2 aliphatic heterocycles. The Morgan fingerprint density at radius 3 is 2.32 bits per heavy atom. The number of phenolic OH excluding ortho intramolecular Hbond substituents is 2. The van der Waals surface area contributed by atoms with Crippen molar-refractivity contribution in [3.63, 3.8) is 0 Å². The molecule has 9 atom stereocenters. The van der Waals surface area contributed by atoms with Crippen molar-refractivity contribution in [2.45, 2.75) is 55.1 Å². The SMILES string of the molecule is COc1cc(O)c2c(=O)cc(-c3ccc(O)cc3)oc2c1[C@@H]1OC[C@H](O)[C@H](O)[C@@H]1O[C@@H]1O[C@H](CO)[C@@H](O)[C@H](O)[C@@H]1O. The highest BCUT2D eigenvalue weighted by molar-refractivity contribution is 5.89.